The molecule has 0 spiro atoms. The van der Waals surface area contributed by atoms with Crippen molar-refractivity contribution in [1.82, 2.24) is 4.90 Å². The maximum absolute atomic E-state index is 12.4. The lowest BCUT2D eigenvalue weighted by Crippen LogP contribution is -2.44. The molecular formula is C14H18BrNOS. The van der Waals surface area contributed by atoms with E-state index in [0.717, 1.165) is 24.0 Å². The summed E-state index contributed by atoms with van der Waals surface area (Å²) in [6.45, 7) is 6.09. The first-order chi connectivity index (χ1) is 8.60. The summed E-state index contributed by atoms with van der Waals surface area (Å²) in [5.41, 5.74) is 1.99. The van der Waals surface area contributed by atoms with Crippen LogP contribution in [0.1, 0.15) is 29.8 Å². The fourth-order valence-corrected chi connectivity index (χ4v) is 3.96. The molecule has 0 bridgehead atoms. The average Bonchev–Trinajstić information content (AvgIpc) is 2.37. The summed E-state index contributed by atoms with van der Waals surface area (Å²) >= 11 is 5.38. The minimum absolute atomic E-state index is 0.162. The van der Waals surface area contributed by atoms with Crippen LogP contribution in [0, 0.1) is 0 Å². The van der Waals surface area contributed by atoms with E-state index in [9.17, 15) is 4.79 Å². The molecule has 2 nitrogen and oxygen atoms in total. The average molecular weight is 328 g/mol. The third-order valence-electron chi connectivity index (χ3n) is 3.06. The van der Waals surface area contributed by atoms with Crippen molar-refractivity contribution >= 4 is 33.6 Å². The number of carbonyl (C=O) groups is 1. The van der Waals surface area contributed by atoms with Gasteiger partial charge in [-0.05, 0) is 17.7 Å². The minimum atomic E-state index is 0.162. The summed E-state index contributed by atoms with van der Waals surface area (Å²) < 4.78 is 0. The van der Waals surface area contributed by atoms with Crippen LogP contribution in [0.5, 0.6) is 0 Å². The van der Waals surface area contributed by atoms with Crippen molar-refractivity contribution in [2.45, 2.75) is 29.7 Å². The van der Waals surface area contributed by atoms with Crippen LogP contribution in [0.2, 0.25) is 0 Å². The highest BCUT2D eigenvalue weighted by Crippen LogP contribution is 2.25. The van der Waals surface area contributed by atoms with Crippen molar-refractivity contribution in [3.05, 3.63) is 35.4 Å². The minimum Gasteiger partial charge on any atom is -0.336 e. The number of carbonyl (C=O) groups excluding carboxylic acids is 1. The van der Waals surface area contributed by atoms with E-state index in [2.05, 4.69) is 29.8 Å². The molecule has 1 amide bonds. The van der Waals surface area contributed by atoms with Crippen LogP contribution >= 0.6 is 27.7 Å². The van der Waals surface area contributed by atoms with Gasteiger partial charge in [-0.25, -0.2) is 0 Å². The van der Waals surface area contributed by atoms with E-state index in [1.54, 1.807) is 0 Å². The van der Waals surface area contributed by atoms with E-state index < -0.39 is 0 Å². The van der Waals surface area contributed by atoms with Gasteiger partial charge in [-0.3, -0.25) is 4.79 Å². The normalized spacial score (nSPS) is 24.1. The van der Waals surface area contributed by atoms with Crippen LogP contribution in [0.3, 0.4) is 0 Å². The van der Waals surface area contributed by atoms with Gasteiger partial charge in [0.25, 0.3) is 5.91 Å². The SMILES string of the molecule is CC1CN(C(=O)c2ccc(CBr)cc2)CC(C)S1. The van der Waals surface area contributed by atoms with Gasteiger partial charge in [-0.15, -0.1) is 0 Å². The predicted octanol–water partition coefficient (Wildman–Crippen LogP) is 3.55. The Morgan fingerprint density at radius 3 is 2.33 bits per heavy atom. The predicted molar refractivity (Wildman–Crippen MR) is 81.5 cm³/mol. The van der Waals surface area contributed by atoms with E-state index in [1.165, 1.54) is 5.56 Å². The molecule has 1 aliphatic rings. The summed E-state index contributed by atoms with van der Waals surface area (Å²) in [7, 11) is 0. The van der Waals surface area contributed by atoms with Gasteiger partial charge >= 0.3 is 0 Å². The molecule has 2 unspecified atom stereocenters. The molecule has 2 atom stereocenters. The lowest BCUT2D eigenvalue weighted by atomic mass is 10.1. The van der Waals surface area contributed by atoms with Crippen molar-refractivity contribution < 1.29 is 4.79 Å². The lowest BCUT2D eigenvalue weighted by Gasteiger charge is -2.34. The van der Waals surface area contributed by atoms with E-state index in [1.807, 2.05) is 40.9 Å². The summed E-state index contributed by atoms with van der Waals surface area (Å²) in [5, 5.41) is 1.88. The zero-order chi connectivity index (χ0) is 13.1. The van der Waals surface area contributed by atoms with Crippen molar-refractivity contribution in [3.8, 4) is 0 Å². The highest BCUT2D eigenvalue weighted by atomic mass is 79.9. The van der Waals surface area contributed by atoms with Crippen LogP contribution in [-0.2, 0) is 5.33 Å². The quantitative estimate of drug-likeness (QED) is 0.774. The Balaban J connectivity index is 2.09. The lowest BCUT2D eigenvalue weighted by molar-refractivity contribution is 0.0753. The molecule has 0 N–H and O–H groups in total. The Bertz CT molecular complexity index is 410. The van der Waals surface area contributed by atoms with Crippen LogP contribution < -0.4 is 0 Å². The Kier molecular flexibility index (Phi) is 4.73. The number of halogens is 1. The Morgan fingerprint density at radius 1 is 1.28 bits per heavy atom. The van der Waals surface area contributed by atoms with Gasteiger partial charge in [-0.1, -0.05) is 41.9 Å². The Hall–Kier alpha value is -0.480. The van der Waals surface area contributed by atoms with E-state index >= 15 is 0 Å². The van der Waals surface area contributed by atoms with E-state index in [0.29, 0.717) is 10.5 Å². The molecular weight excluding hydrogens is 310 g/mol. The molecule has 1 heterocycles. The Morgan fingerprint density at radius 2 is 1.83 bits per heavy atom. The standard InChI is InChI=1S/C14H18BrNOS/c1-10-8-16(9-11(2)18-10)14(17)13-5-3-12(7-15)4-6-13/h3-6,10-11H,7-9H2,1-2H3. The third-order valence-corrected chi connectivity index (χ3v) is 4.94. The third kappa shape index (κ3) is 3.29. The number of alkyl halides is 1. The van der Waals surface area contributed by atoms with Gasteiger partial charge in [0.15, 0.2) is 0 Å². The van der Waals surface area contributed by atoms with Gasteiger partial charge in [-0.2, -0.15) is 11.8 Å². The number of hydrogen-bond acceptors (Lipinski definition) is 2. The molecule has 0 radical (unpaired) electrons. The summed E-state index contributed by atoms with van der Waals surface area (Å²) in [4.78, 5) is 14.4. The van der Waals surface area contributed by atoms with Crippen molar-refractivity contribution in [2.24, 2.45) is 0 Å². The summed E-state index contributed by atoms with van der Waals surface area (Å²) in [6, 6.07) is 7.87. The molecule has 98 valence electrons. The molecule has 18 heavy (non-hydrogen) atoms. The molecule has 1 fully saturated rings. The van der Waals surface area contributed by atoms with Crippen molar-refractivity contribution in [1.29, 1.82) is 0 Å². The molecule has 0 aromatic heterocycles. The first kappa shape index (κ1) is 13.9. The van der Waals surface area contributed by atoms with Crippen LogP contribution in [-0.4, -0.2) is 34.4 Å². The highest BCUT2D eigenvalue weighted by molar-refractivity contribution is 9.08. The van der Waals surface area contributed by atoms with Gasteiger partial charge in [0.05, 0.1) is 0 Å². The molecule has 4 heteroatoms. The molecule has 1 aliphatic heterocycles. The largest absolute Gasteiger partial charge is 0.336 e. The van der Waals surface area contributed by atoms with Crippen LogP contribution in [0.4, 0.5) is 0 Å². The number of benzene rings is 1. The van der Waals surface area contributed by atoms with Gasteiger partial charge in [0.2, 0.25) is 0 Å². The van der Waals surface area contributed by atoms with E-state index in [4.69, 9.17) is 0 Å². The number of nitrogens with zero attached hydrogens (tertiary/aromatic N) is 1. The molecule has 2 rings (SSSR count). The Labute approximate surface area is 121 Å². The maximum Gasteiger partial charge on any atom is 0.253 e. The number of thioether (sulfide) groups is 1. The summed E-state index contributed by atoms with van der Waals surface area (Å²) in [5.74, 6) is 0.162. The second-order valence-electron chi connectivity index (χ2n) is 4.80. The molecule has 1 saturated heterocycles. The molecule has 0 aliphatic carbocycles. The smallest absolute Gasteiger partial charge is 0.253 e. The second kappa shape index (κ2) is 6.11. The monoisotopic (exact) mass is 327 g/mol. The number of amides is 1. The second-order valence-corrected chi connectivity index (χ2v) is 7.24. The molecule has 1 aromatic carbocycles. The van der Waals surface area contributed by atoms with Gasteiger partial charge < -0.3 is 4.90 Å². The highest BCUT2D eigenvalue weighted by Gasteiger charge is 2.26. The van der Waals surface area contributed by atoms with Crippen LogP contribution in [0.15, 0.2) is 24.3 Å². The van der Waals surface area contributed by atoms with Gasteiger partial charge in [0.1, 0.15) is 0 Å². The summed E-state index contributed by atoms with van der Waals surface area (Å²) in [6.07, 6.45) is 0. The van der Waals surface area contributed by atoms with Gasteiger partial charge in [0, 0.05) is 34.5 Å². The first-order valence-corrected chi connectivity index (χ1v) is 8.26. The maximum atomic E-state index is 12.4. The topological polar surface area (TPSA) is 20.3 Å². The zero-order valence-corrected chi connectivity index (χ0v) is 13.1. The zero-order valence-electron chi connectivity index (χ0n) is 10.7. The van der Waals surface area contributed by atoms with Crippen LogP contribution in [0.25, 0.3) is 0 Å². The molecule has 0 saturated carbocycles. The fourth-order valence-electron chi connectivity index (χ4n) is 2.26. The first-order valence-electron chi connectivity index (χ1n) is 6.19. The number of hydrogen-bond donors (Lipinski definition) is 0. The number of rotatable bonds is 2. The molecule has 1 aromatic rings. The fraction of sp³-hybridized carbons (Fsp3) is 0.500. The van der Waals surface area contributed by atoms with Crippen molar-refractivity contribution in [2.75, 3.05) is 13.1 Å². The van der Waals surface area contributed by atoms with E-state index in [-0.39, 0.29) is 5.91 Å². The van der Waals surface area contributed by atoms with Crippen molar-refractivity contribution in [3.63, 3.8) is 0 Å².